The van der Waals surface area contributed by atoms with Crippen molar-refractivity contribution in [3.63, 3.8) is 0 Å². The molecule has 0 radical (unpaired) electrons. The molecule has 0 saturated heterocycles. The number of carbonyl (C=O) groups is 1. The second-order valence-electron chi connectivity index (χ2n) is 6.80. The minimum atomic E-state index is -0.214. The van der Waals surface area contributed by atoms with Gasteiger partial charge in [-0.05, 0) is 30.2 Å². The largest absolute Gasteiger partial charge is 0.396 e. The maximum Gasteiger partial charge on any atom is 0.327 e. The van der Waals surface area contributed by atoms with Gasteiger partial charge in [0, 0.05) is 42.9 Å². The van der Waals surface area contributed by atoms with Crippen LogP contribution < -0.4 is 11.0 Å². The molecule has 3 N–H and O–H groups in total. The molecule has 0 unspecified atom stereocenters. The van der Waals surface area contributed by atoms with Crippen molar-refractivity contribution in [1.82, 2.24) is 19.9 Å². The van der Waals surface area contributed by atoms with Gasteiger partial charge in [0.15, 0.2) is 5.65 Å². The third kappa shape index (κ3) is 3.29. The number of H-pyrrole nitrogens is 1. The topological polar surface area (TPSA) is 100 Å². The Morgan fingerprint density at radius 1 is 1.33 bits per heavy atom. The molecule has 7 heteroatoms. The van der Waals surface area contributed by atoms with Crippen LogP contribution in [0.15, 0.2) is 53.5 Å². The van der Waals surface area contributed by atoms with Crippen molar-refractivity contribution in [3.05, 3.63) is 64.7 Å². The first-order valence-electron chi connectivity index (χ1n) is 8.80. The van der Waals surface area contributed by atoms with Crippen LogP contribution in [-0.2, 0) is 7.05 Å². The summed E-state index contributed by atoms with van der Waals surface area (Å²) in [4.78, 5) is 31.3. The van der Waals surface area contributed by atoms with E-state index in [1.165, 1.54) is 4.57 Å². The standard InChI is InChI=1S/C20H20N4O3/c1-24-17-9-15(10-21-18(17)23-20(24)27)13-3-2-4-14(8-13)19(26)22-16-6-5-12(7-16)11-25/h2-6,8-10,12,16,25H,7,11H2,1H3,(H,22,26)(H,21,23,27)/t12-,16+/m0/s1. The first-order valence-corrected chi connectivity index (χ1v) is 8.80. The van der Waals surface area contributed by atoms with E-state index in [4.69, 9.17) is 0 Å². The molecule has 2 atom stereocenters. The number of nitrogens with one attached hydrogen (secondary N) is 2. The summed E-state index contributed by atoms with van der Waals surface area (Å²) in [5, 5.41) is 12.2. The molecule has 7 nitrogen and oxygen atoms in total. The molecule has 138 valence electrons. The van der Waals surface area contributed by atoms with Crippen molar-refractivity contribution in [3.8, 4) is 11.1 Å². The van der Waals surface area contributed by atoms with Crippen LogP contribution in [0.1, 0.15) is 16.8 Å². The number of amides is 1. The average molecular weight is 364 g/mol. The Morgan fingerprint density at radius 2 is 2.19 bits per heavy atom. The maximum atomic E-state index is 12.6. The number of imidazole rings is 1. The van der Waals surface area contributed by atoms with Crippen LogP contribution in [-0.4, -0.2) is 38.2 Å². The molecule has 1 aromatic carbocycles. The second-order valence-corrected chi connectivity index (χ2v) is 6.80. The SMILES string of the molecule is Cn1c(=O)[nH]c2ncc(-c3cccc(C(=O)N[C@@H]4C=C[C@H](CO)C4)c3)cc21. The van der Waals surface area contributed by atoms with Gasteiger partial charge in [0.25, 0.3) is 5.91 Å². The summed E-state index contributed by atoms with van der Waals surface area (Å²) in [6.07, 6.45) is 6.25. The number of aromatic nitrogens is 3. The van der Waals surface area contributed by atoms with Crippen LogP contribution >= 0.6 is 0 Å². The molecule has 0 aliphatic heterocycles. The average Bonchev–Trinajstić information content (AvgIpc) is 3.26. The number of benzene rings is 1. The Hall–Kier alpha value is -3.19. The summed E-state index contributed by atoms with van der Waals surface area (Å²) < 4.78 is 1.51. The maximum absolute atomic E-state index is 12.6. The van der Waals surface area contributed by atoms with Gasteiger partial charge in [0.2, 0.25) is 0 Å². The number of carbonyl (C=O) groups excluding carboxylic acids is 1. The fraction of sp³-hybridized carbons (Fsp3) is 0.250. The molecule has 1 aliphatic carbocycles. The van der Waals surface area contributed by atoms with Crippen LogP contribution in [0.25, 0.3) is 22.3 Å². The van der Waals surface area contributed by atoms with Crippen LogP contribution in [0, 0.1) is 5.92 Å². The van der Waals surface area contributed by atoms with Gasteiger partial charge >= 0.3 is 5.69 Å². The van der Waals surface area contributed by atoms with E-state index in [1.54, 1.807) is 19.3 Å². The van der Waals surface area contributed by atoms with E-state index < -0.39 is 0 Å². The summed E-state index contributed by atoms with van der Waals surface area (Å²) in [5.41, 5.74) is 3.25. The minimum Gasteiger partial charge on any atom is -0.396 e. The Morgan fingerprint density at radius 3 is 2.96 bits per heavy atom. The predicted molar refractivity (Wildman–Crippen MR) is 102 cm³/mol. The van der Waals surface area contributed by atoms with Gasteiger partial charge in [-0.15, -0.1) is 0 Å². The van der Waals surface area contributed by atoms with E-state index in [0.29, 0.717) is 23.1 Å². The lowest BCUT2D eigenvalue weighted by Gasteiger charge is -2.13. The summed E-state index contributed by atoms with van der Waals surface area (Å²) in [5.74, 6) is -0.0550. The van der Waals surface area contributed by atoms with Crippen molar-refractivity contribution < 1.29 is 9.90 Å². The van der Waals surface area contributed by atoms with Gasteiger partial charge in [-0.25, -0.2) is 9.78 Å². The van der Waals surface area contributed by atoms with Gasteiger partial charge in [0.1, 0.15) is 0 Å². The highest BCUT2D eigenvalue weighted by Crippen LogP contribution is 2.23. The molecule has 1 amide bonds. The first-order chi connectivity index (χ1) is 13.0. The van der Waals surface area contributed by atoms with E-state index in [2.05, 4.69) is 15.3 Å². The number of fused-ring (bicyclic) bond motifs is 1. The number of nitrogens with zero attached hydrogens (tertiary/aromatic N) is 2. The lowest BCUT2D eigenvalue weighted by Crippen LogP contribution is -2.32. The molecular weight excluding hydrogens is 344 g/mol. The number of rotatable bonds is 4. The molecule has 1 aliphatic rings. The van der Waals surface area contributed by atoms with Gasteiger partial charge < -0.3 is 10.4 Å². The Kier molecular flexibility index (Phi) is 4.37. The zero-order valence-electron chi connectivity index (χ0n) is 14.8. The van der Waals surface area contributed by atoms with Crippen LogP contribution in [0.2, 0.25) is 0 Å². The van der Waals surface area contributed by atoms with Gasteiger partial charge in [-0.1, -0.05) is 24.3 Å². The smallest absolute Gasteiger partial charge is 0.327 e. The lowest BCUT2D eigenvalue weighted by molar-refractivity contribution is 0.0941. The highest BCUT2D eigenvalue weighted by Gasteiger charge is 2.20. The Bertz CT molecular complexity index is 1100. The molecular formula is C20H20N4O3. The number of aromatic amines is 1. The van der Waals surface area contributed by atoms with E-state index >= 15 is 0 Å². The van der Waals surface area contributed by atoms with Crippen molar-refractivity contribution in [2.75, 3.05) is 6.61 Å². The third-order valence-corrected chi connectivity index (χ3v) is 4.94. The van der Waals surface area contributed by atoms with Crippen LogP contribution in [0.5, 0.6) is 0 Å². The molecule has 2 heterocycles. The summed E-state index contributed by atoms with van der Waals surface area (Å²) in [7, 11) is 1.69. The van der Waals surface area contributed by atoms with Crippen LogP contribution in [0.4, 0.5) is 0 Å². The van der Waals surface area contributed by atoms with E-state index in [0.717, 1.165) is 11.1 Å². The number of aliphatic hydroxyl groups is 1. The molecule has 0 bridgehead atoms. The van der Waals surface area contributed by atoms with Gasteiger partial charge in [-0.3, -0.25) is 14.3 Å². The predicted octanol–water partition coefficient (Wildman–Crippen LogP) is 1.60. The molecule has 0 fully saturated rings. The summed E-state index contributed by atoms with van der Waals surface area (Å²) in [6.45, 7) is 0.0927. The number of pyridine rings is 1. The van der Waals surface area contributed by atoms with Crippen molar-refractivity contribution in [1.29, 1.82) is 0 Å². The zero-order chi connectivity index (χ0) is 19.0. The molecule has 2 aromatic heterocycles. The quantitative estimate of drug-likeness (QED) is 0.612. The zero-order valence-corrected chi connectivity index (χ0v) is 14.8. The molecule has 3 aromatic rings. The van der Waals surface area contributed by atoms with Crippen molar-refractivity contribution in [2.45, 2.75) is 12.5 Å². The van der Waals surface area contributed by atoms with Gasteiger partial charge in [0.05, 0.1) is 5.52 Å². The second kappa shape index (κ2) is 6.85. The van der Waals surface area contributed by atoms with E-state index in [1.807, 2.05) is 36.4 Å². The summed E-state index contributed by atoms with van der Waals surface area (Å²) >= 11 is 0. The fourth-order valence-electron chi connectivity index (χ4n) is 3.37. The first kappa shape index (κ1) is 17.2. The monoisotopic (exact) mass is 364 g/mol. The third-order valence-electron chi connectivity index (χ3n) is 4.94. The number of aliphatic hydroxyl groups excluding tert-OH is 1. The minimum absolute atomic E-state index is 0.0642. The number of hydrogen-bond donors (Lipinski definition) is 3. The van der Waals surface area contributed by atoms with E-state index in [-0.39, 0.29) is 30.2 Å². The van der Waals surface area contributed by atoms with Crippen molar-refractivity contribution in [2.24, 2.45) is 13.0 Å². The Balaban J connectivity index is 1.59. The Labute approximate surface area is 155 Å². The number of aryl methyl sites for hydroxylation is 1. The molecule has 4 rings (SSSR count). The fourth-order valence-corrected chi connectivity index (χ4v) is 3.37. The molecule has 0 spiro atoms. The highest BCUT2D eigenvalue weighted by atomic mass is 16.3. The van der Waals surface area contributed by atoms with E-state index in [9.17, 15) is 14.7 Å². The normalized spacial score (nSPS) is 18.9. The molecule has 27 heavy (non-hydrogen) atoms. The lowest BCUT2D eigenvalue weighted by atomic mass is 10.0. The van der Waals surface area contributed by atoms with Crippen LogP contribution in [0.3, 0.4) is 0 Å². The van der Waals surface area contributed by atoms with Crippen molar-refractivity contribution >= 4 is 17.1 Å². The number of hydrogen-bond acceptors (Lipinski definition) is 4. The molecule has 0 saturated carbocycles. The highest BCUT2D eigenvalue weighted by molar-refractivity contribution is 5.96. The van der Waals surface area contributed by atoms with Gasteiger partial charge in [-0.2, -0.15) is 0 Å². The summed E-state index contributed by atoms with van der Waals surface area (Å²) in [6, 6.07) is 9.12.